The molecule has 0 spiro atoms. The summed E-state index contributed by atoms with van der Waals surface area (Å²) in [7, 11) is 1.89. The van der Waals surface area contributed by atoms with Gasteiger partial charge in [0.2, 0.25) is 0 Å². The molecular formula is C13H12ClN3O3. The van der Waals surface area contributed by atoms with Crippen molar-refractivity contribution in [2.45, 2.75) is 6.54 Å². The summed E-state index contributed by atoms with van der Waals surface area (Å²) in [5.41, 5.74) is 1.03. The van der Waals surface area contributed by atoms with E-state index in [1.54, 1.807) is 0 Å². The lowest BCUT2D eigenvalue weighted by molar-refractivity contribution is -0.384. The largest absolute Gasteiger partial charge is 0.357 e. The van der Waals surface area contributed by atoms with Crippen molar-refractivity contribution in [2.24, 2.45) is 7.05 Å². The highest BCUT2D eigenvalue weighted by atomic mass is 35.5. The van der Waals surface area contributed by atoms with E-state index in [2.05, 4.69) is 5.32 Å². The number of nitro benzene ring substituents is 1. The second kappa shape index (κ2) is 5.75. The average Bonchev–Trinajstić information content (AvgIpc) is 2.81. The number of non-ortho nitro benzene ring substituents is 1. The van der Waals surface area contributed by atoms with Crippen molar-refractivity contribution in [3.8, 4) is 0 Å². The monoisotopic (exact) mass is 293 g/mol. The van der Waals surface area contributed by atoms with Crippen molar-refractivity contribution in [2.75, 3.05) is 0 Å². The van der Waals surface area contributed by atoms with Crippen LogP contribution in [0.15, 0.2) is 36.7 Å². The number of nitro groups is 1. The van der Waals surface area contributed by atoms with E-state index in [0.717, 1.165) is 5.56 Å². The molecule has 1 aromatic carbocycles. The Labute approximate surface area is 120 Å². The average molecular weight is 294 g/mol. The molecule has 104 valence electrons. The Balaban J connectivity index is 2.07. The summed E-state index contributed by atoms with van der Waals surface area (Å²) in [6, 6.07) is 5.65. The summed E-state index contributed by atoms with van der Waals surface area (Å²) in [6.45, 7) is 0.368. The van der Waals surface area contributed by atoms with Crippen LogP contribution in [0.5, 0.6) is 0 Å². The van der Waals surface area contributed by atoms with Crippen molar-refractivity contribution in [3.05, 3.63) is 62.9 Å². The van der Waals surface area contributed by atoms with Crippen LogP contribution in [0.25, 0.3) is 0 Å². The minimum Gasteiger partial charge on any atom is -0.357 e. The van der Waals surface area contributed by atoms with E-state index >= 15 is 0 Å². The second-order valence-corrected chi connectivity index (χ2v) is 4.70. The summed E-state index contributed by atoms with van der Waals surface area (Å²) in [6.07, 6.45) is 3.76. The number of carbonyl (C=O) groups excluding carboxylic acids is 1. The molecule has 0 saturated carbocycles. The molecule has 0 unspecified atom stereocenters. The van der Waals surface area contributed by atoms with Crippen molar-refractivity contribution < 1.29 is 9.72 Å². The normalized spacial score (nSPS) is 10.3. The molecule has 0 aliphatic heterocycles. The van der Waals surface area contributed by atoms with E-state index in [1.165, 1.54) is 18.2 Å². The third kappa shape index (κ3) is 3.16. The number of hydrogen-bond acceptors (Lipinski definition) is 3. The number of aromatic nitrogens is 1. The van der Waals surface area contributed by atoms with Gasteiger partial charge in [0, 0.05) is 38.1 Å². The summed E-state index contributed by atoms with van der Waals surface area (Å²) in [5.74, 6) is -0.367. The molecule has 0 atom stereocenters. The molecule has 0 radical (unpaired) electrons. The number of aryl methyl sites for hydroxylation is 1. The number of amides is 1. The van der Waals surface area contributed by atoms with Gasteiger partial charge in [-0.15, -0.1) is 0 Å². The molecule has 2 aromatic rings. The van der Waals surface area contributed by atoms with Crippen molar-refractivity contribution in [3.63, 3.8) is 0 Å². The highest BCUT2D eigenvalue weighted by molar-refractivity contribution is 6.34. The maximum Gasteiger partial charge on any atom is 0.270 e. The quantitative estimate of drug-likeness (QED) is 0.695. The lowest BCUT2D eigenvalue weighted by Gasteiger charge is -2.05. The van der Waals surface area contributed by atoms with Gasteiger partial charge in [-0.05, 0) is 17.7 Å². The zero-order chi connectivity index (χ0) is 14.7. The Morgan fingerprint density at radius 3 is 2.75 bits per heavy atom. The Morgan fingerprint density at radius 1 is 1.45 bits per heavy atom. The van der Waals surface area contributed by atoms with Crippen molar-refractivity contribution in [1.82, 2.24) is 9.88 Å². The lowest BCUT2D eigenvalue weighted by Crippen LogP contribution is -2.22. The Hall–Kier alpha value is -2.34. The van der Waals surface area contributed by atoms with E-state index in [9.17, 15) is 14.9 Å². The second-order valence-electron chi connectivity index (χ2n) is 4.29. The van der Waals surface area contributed by atoms with E-state index in [-0.39, 0.29) is 22.2 Å². The number of carbonyl (C=O) groups is 1. The highest BCUT2D eigenvalue weighted by Crippen LogP contribution is 2.22. The summed E-state index contributed by atoms with van der Waals surface area (Å²) in [5, 5.41) is 13.4. The van der Waals surface area contributed by atoms with E-state index in [1.807, 2.05) is 30.1 Å². The summed E-state index contributed by atoms with van der Waals surface area (Å²) < 4.78 is 1.88. The lowest BCUT2D eigenvalue weighted by atomic mass is 10.2. The first-order valence-electron chi connectivity index (χ1n) is 5.80. The maximum absolute atomic E-state index is 12.0. The van der Waals surface area contributed by atoms with Gasteiger partial charge in [-0.2, -0.15) is 0 Å². The molecular weight excluding hydrogens is 282 g/mol. The Morgan fingerprint density at radius 2 is 2.20 bits per heavy atom. The van der Waals surface area contributed by atoms with Crippen LogP contribution in [0.1, 0.15) is 15.9 Å². The zero-order valence-electron chi connectivity index (χ0n) is 10.7. The third-order valence-corrected chi connectivity index (χ3v) is 3.07. The van der Waals surface area contributed by atoms with Crippen molar-refractivity contribution >= 4 is 23.2 Å². The molecule has 7 heteroatoms. The number of nitrogens with one attached hydrogen (secondary N) is 1. The summed E-state index contributed by atoms with van der Waals surface area (Å²) in [4.78, 5) is 22.0. The standard InChI is InChI=1S/C13H12ClN3O3/c1-16-5-4-9(8-16)7-15-13(18)11-3-2-10(17(19)20)6-12(11)14/h2-6,8H,7H2,1H3,(H,15,18). The molecule has 0 fully saturated rings. The highest BCUT2D eigenvalue weighted by Gasteiger charge is 2.14. The van der Waals surface area contributed by atoms with E-state index < -0.39 is 4.92 Å². The molecule has 0 aliphatic rings. The van der Waals surface area contributed by atoms with Gasteiger partial charge in [-0.3, -0.25) is 14.9 Å². The molecule has 2 rings (SSSR count). The van der Waals surface area contributed by atoms with Gasteiger partial charge in [0.25, 0.3) is 11.6 Å². The van der Waals surface area contributed by atoms with Gasteiger partial charge in [0.1, 0.15) is 0 Å². The van der Waals surface area contributed by atoms with Crippen LogP contribution in [0.4, 0.5) is 5.69 Å². The first-order chi connectivity index (χ1) is 9.47. The van der Waals surface area contributed by atoms with Crippen LogP contribution in [-0.4, -0.2) is 15.4 Å². The topological polar surface area (TPSA) is 77.2 Å². The minimum atomic E-state index is -0.558. The van der Waals surface area contributed by atoms with Gasteiger partial charge in [-0.1, -0.05) is 11.6 Å². The van der Waals surface area contributed by atoms with Crippen LogP contribution in [0, 0.1) is 10.1 Å². The Kier molecular flexibility index (Phi) is 4.05. The fraction of sp³-hybridized carbons (Fsp3) is 0.154. The molecule has 0 saturated heterocycles. The van der Waals surface area contributed by atoms with E-state index in [0.29, 0.717) is 6.54 Å². The predicted octanol–water partition coefficient (Wildman–Crippen LogP) is 2.52. The minimum absolute atomic E-state index is 0.0600. The molecule has 0 bridgehead atoms. The molecule has 1 heterocycles. The Bertz CT molecular complexity index is 667. The van der Waals surface area contributed by atoms with Crippen LogP contribution >= 0.6 is 11.6 Å². The molecule has 1 N–H and O–H groups in total. The number of benzene rings is 1. The van der Waals surface area contributed by atoms with Gasteiger partial charge in [0.15, 0.2) is 0 Å². The zero-order valence-corrected chi connectivity index (χ0v) is 11.4. The van der Waals surface area contributed by atoms with Gasteiger partial charge >= 0.3 is 0 Å². The fourth-order valence-corrected chi connectivity index (χ4v) is 2.01. The fourth-order valence-electron chi connectivity index (χ4n) is 1.74. The maximum atomic E-state index is 12.0. The molecule has 20 heavy (non-hydrogen) atoms. The van der Waals surface area contributed by atoms with Gasteiger partial charge in [-0.25, -0.2) is 0 Å². The molecule has 1 amide bonds. The number of rotatable bonds is 4. The first-order valence-corrected chi connectivity index (χ1v) is 6.18. The van der Waals surface area contributed by atoms with Gasteiger partial charge in [0.05, 0.1) is 15.5 Å². The number of halogens is 1. The van der Waals surface area contributed by atoms with Crippen LogP contribution in [-0.2, 0) is 13.6 Å². The third-order valence-electron chi connectivity index (χ3n) is 2.75. The van der Waals surface area contributed by atoms with E-state index in [4.69, 9.17) is 11.6 Å². The predicted molar refractivity (Wildman–Crippen MR) is 74.7 cm³/mol. The van der Waals surface area contributed by atoms with Crippen molar-refractivity contribution in [1.29, 1.82) is 0 Å². The van der Waals surface area contributed by atoms with Gasteiger partial charge < -0.3 is 9.88 Å². The molecule has 6 nitrogen and oxygen atoms in total. The smallest absolute Gasteiger partial charge is 0.270 e. The van der Waals surface area contributed by atoms with Crippen LogP contribution < -0.4 is 5.32 Å². The molecule has 1 aromatic heterocycles. The number of hydrogen-bond donors (Lipinski definition) is 1. The van der Waals surface area contributed by atoms with Crippen LogP contribution in [0.3, 0.4) is 0 Å². The number of nitrogens with zero attached hydrogens (tertiary/aromatic N) is 2. The summed E-state index contributed by atoms with van der Waals surface area (Å²) >= 11 is 5.88. The SMILES string of the molecule is Cn1ccc(CNC(=O)c2ccc([N+](=O)[O-])cc2Cl)c1. The first kappa shape index (κ1) is 14.1. The van der Waals surface area contributed by atoms with Crippen LogP contribution in [0.2, 0.25) is 5.02 Å². The molecule has 0 aliphatic carbocycles.